The lowest BCUT2D eigenvalue weighted by atomic mass is 10.1. The minimum atomic E-state index is -0.409. The number of aromatic nitrogens is 4. The van der Waals surface area contributed by atoms with Crippen LogP contribution in [0.1, 0.15) is 30.0 Å². The van der Waals surface area contributed by atoms with E-state index in [1.54, 1.807) is 42.3 Å². The summed E-state index contributed by atoms with van der Waals surface area (Å²) in [7, 11) is 1.54. The molecule has 1 saturated carbocycles. The van der Waals surface area contributed by atoms with Crippen molar-refractivity contribution < 1.29 is 4.74 Å². The minimum Gasteiger partial charge on any atom is -0.495 e. The molecule has 2 aromatic carbocycles. The van der Waals surface area contributed by atoms with Crippen LogP contribution < -0.4 is 16.0 Å². The Morgan fingerprint density at radius 2 is 1.87 bits per heavy atom. The zero-order valence-electron chi connectivity index (χ0n) is 16.9. The molecule has 0 spiro atoms. The van der Waals surface area contributed by atoms with E-state index < -0.39 is 5.69 Å². The lowest BCUT2D eigenvalue weighted by Crippen LogP contribution is -2.39. The quantitative estimate of drug-likeness (QED) is 0.501. The van der Waals surface area contributed by atoms with Crippen molar-refractivity contribution in [2.45, 2.75) is 25.4 Å². The van der Waals surface area contributed by atoms with Gasteiger partial charge in [0.15, 0.2) is 11.2 Å². The third-order valence-corrected chi connectivity index (χ3v) is 5.52. The summed E-state index contributed by atoms with van der Waals surface area (Å²) in [6.07, 6.45) is 3.18. The standard InChI is InChI=1S/C23H19N5O3/c1-31-19-5-3-2-4-18(19)28-21-20(22(29)27(23(28)30)17-10-11-17)26(14-25-21)13-16-8-6-15(12-24)7-9-16/h2-9,14,17H,10-11,13H2,1H3. The zero-order chi connectivity index (χ0) is 21.5. The van der Waals surface area contributed by atoms with Gasteiger partial charge in [-0.25, -0.2) is 14.3 Å². The molecule has 4 aromatic rings. The number of nitrogens with zero attached hydrogens (tertiary/aromatic N) is 5. The Hall–Kier alpha value is -4.12. The first-order chi connectivity index (χ1) is 15.1. The van der Waals surface area contributed by atoms with Gasteiger partial charge in [-0.3, -0.25) is 9.36 Å². The molecule has 0 unspecified atom stereocenters. The van der Waals surface area contributed by atoms with Gasteiger partial charge in [-0.05, 0) is 42.7 Å². The van der Waals surface area contributed by atoms with Crippen LogP contribution in [0, 0.1) is 11.3 Å². The van der Waals surface area contributed by atoms with E-state index in [2.05, 4.69) is 11.1 Å². The Bertz CT molecular complexity index is 1450. The molecule has 0 aliphatic heterocycles. The summed E-state index contributed by atoms with van der Waals surface area (Å²) in [5.41, 5.74) is 1.95. The number of hydrogen-bond acceptors (Lipinski definition) is 5. The summed E-state index contributed by atoms with van der Waals surface area (Å²) >= 11 is 0. The second-order valence-corrected chi connectivity index (χ2v) is 7.55. The second-order valence-electron chi connectivity index (χ2n) is 7.55. The summed E-state index contributed by atoms with van der Waals surface area (Å²) in [6, 6.07) is 16.4. The number of para-hydroxylation sites is 2. The maximum absolute atomic E-state index is 13.4. The molecular formula is C23H19N5O3. The van der Waals surface area contributed by atoms with Gasteiger partial charge in [-0.2, -0.15) is 5.26 Å². The molecule has 0 N–H and O–H groups in total. The van der Waals surface area contributed by atoms with E-state index in [0.29, 0.717) is 34.7 Å². The fourth-order valence-corrected chi connectivity index (χ4v) is 3.84. The zero-order valence-corrected chi connectivity index (χ0v) is 16.9. The van der Waals surface area contributed by atoms with E-state index in [1.165, 1.54) is 9.13 Å². The van der Waals surface area contributed by atoms with E-state index in [0.717, 1.165) is 18.4 Å². The Balaban J connectivity index is 1.76. The van der Waals surface area contributed by atoms with Crippen molar-refractivity contribution in [1.29, 1.82) is 5.26 Å². The predicted molar refractivity (Wildman–Crippen MR) is 115 cm³/mol. The molecule has 1 fully saturated rings. The van der Waals surface area contributed by atoms with Crippen molar-refractivity contribution in [2.24, 2.45) is 0 Å². The Morgan fingerprint density at radius 1 is 1.13 bits per heavy atom. The smallest absolute Gasteiger partial charge is 0.337 e. The Kier molecular flexibility index (Phi) is 4.44. The van der Waals surface area contributed by atoms with Gasteiger partial charge in [0.05, 0.1) is 30.8 Å². The van der Waals surface area contributed by atoms with Gasteiger partial charge in [-0.1, -0.05) is 24.3 Å². The molecule has 2 aromatic heterocycles. The highest BCUT2D eigenvalue weighted by Crippen LogP contribution is 2.33. The van der Waals surface area contributed by atoms with Crippen LogP contribution >= 0.6 is 0 Å². The van der Waals surface area contributed by atoms with Gasteiger partial charge < -0.3 is 9.30 Å². The Morgan fingerprint density at radius 3 is 2.55 bits per heavy atom. The average Bonchev–Trinajstić information content (AvgIpc) is 3.54. The van der Waals surface area contributed by atoms with Gasteiger partial charge in [0, 0.05) is 12.6 Å². The molecule has 0 atom stereocenters. The molecule has 0 amide bonds. The van der Waals surface area contributed by atoms with Crippen molar-refractivity contribution in [1.82, 2.24) is 18.7 Å². The van der Waals surface area contributed by atoms with Crippen molar-refractivity contribution >= 4 is 11.2 Å². The predicted octanol–water partition coefficient (Wildman–Crippen LogP) is 2.61. The minimum absolute atomic E-state index is 0.0939. The fourth-order valence-electron chi connectivity index (χ4n) is 3.84. The normalized spacial score (nSPS) is 13.3. The van der Waals surface area contributed by atoms with Gasteiger partial charge in [0.25, 0.3) is 5.56 Å². The van der Waals surface area contributed by atoms with E-state index in [1.807, 2.05) is 24.3 Å². The maximum Gasteiger partial charge on any atom is 0.337 e. The van der Waals surface area contributed by atoms with Crippen LogP contribution in [-0.2, 0) is 6.54 Å². The number of imidazole rings is 1. The van der Waals surface area contributed by atoms with Gasteiger partial charge in [-0.15, -0.1) is 0 Å². The third kappa shape index (κ3) is 3.11. The monoisotopic (exact) mass is 413 g/mol. The molecule has 154 valence electrons. The van der Waals surface area contributed by atoms with Gasteiger partial charge in [0.1, 0.15) is 5.75 Å². The van der Waals surface area contributed by atoms with Gasteiger partial charge >= 0.3 is 5.69 Å². The number of benzene rings is 2. The van der Waals surface area contributed by atoms with Crippen molar-refractivity contribution in [3.63, 3.8) is 0 Å². The highest BCUT2D eigenvalue weighted by atomic mass is 16.5. The first-order valence-corrected chi connectivity index (χ1v) is 9.97. The van der Waals surface area contributed by atoms with Crippen molar-refractivity contribution in [3.8, 4) is 17.5 Å². The SMILES string of the molecule is COc1ccccc1-n1c(=O)n(C2CC2)c(=O)c2c1ncn2Cc1ccc(C#N)cc1. The summed E-state index contributed by atoms with van der Waals surface area (Å²) < 4.78 is 10.0. The average molecular weight is 413 g/mol. The van der Waals surface area contributed by atoms with Crippen LogP contribution in [0.15, 0.2) is 64.4 Å². The van der Waals surface area contributed by atoms with E-state index in [-0.39, 0.29) is 11.6 Å². The van der Waals surface area contributed by atoms with E-state index in [4.69, 9.17) is 10.00 Å². The molecule has 0 radical (unpaired) electrons. The molecular weight excluding hydrogens is 394 g/mol. The molecule has 0 bridgehead atoms. The highest BCUT2D eigenvalue weighted by Gasteiger charge is 2.31. The molecule has 5 rings (SSSR count). The summed E-state index contributed by atoms with van der Waals surface area (Å²) in [6.45, 7) is 0.395. The van der Waals surface area contributed by atoms with Crippen LogP contribution in [0.25, 0.3) is 16.9 Å². The van der Waals surface area contributed by atoms with Crippen LogP contribution in [0.5, 0.6) is 5.75 Å². The highest BCUT2D eigenvalue weighted by molar-refractivity contribution is 5.73. The van der Waals surface area contributed by atoms with Crippen molar-refractivity contribution in [2.75, 3.05) is 7.11 Å². The Labute approximate surface area is 177 Å². The number of rotatable bonds is 5. The molecule has 1 aliphatic carbocycles. The molecule has 31 heavy (non-hydrogen) atoms. The lowest BCUT2D eigenvalue weighted by molar-refractivity contribution is 0.412. The number of ether oxygens (including phenoxy) is 1. The number of methoxy groups -OCH3 is 1. The van der Waals surface area contributed by atoms with Crippen LogP contribution in [0.2, 0.25) is 0 Å². The van der Waals surface area contributed by atoms with E-state index >= 15 is 0 Å². The molecule has 2 heterocycles. The second kappa shape index (κ2) is 7.29. The fraction of sp³-hybridized carbons (Fsp3) is 0.217. The largest absolute Gasteiger partial charge is 0.495 e. The van der Waals surface area contributed by atoms with Crippen LogP contribution in [-0.4, -0.2) is 25.8 Å². The molecule has 8 heteroatoms. The number of hydrogen-bond donors (Lipinski definition) is 0. The summed E-state index contributed by atoms with van der Waals surface area (Å²) in [5.74, 6) is 0.522. The first kappa shape index (κ1) is 18.9. The third-order valence-electron chi connectivity index (χ3n) is 5.52. The maximum atomic E-state index is 13.4. The number of nitriles is 1. The molecule has 1 aliphatic rings. The summed E-state index contributed by atoms with van der Waals surface area (Å²) in [5, 5.41) is 9.01. The van der Waals surface area contributed by atoms with E-state index in [9.17, 15) is 9.59 Å². The van der Waals surface area contributed by atoms with Crippen LogP contribution in [0.3, 0.4) is 0 Å². The topological polar surface area (TPSA) is 94.8 Å². The first-order valence-electron chi connectivity index (χ1n) is 9.97. The summed E-state index contributed by atoms with van der Waals surface area (Å²) in [4.78, 5) is 31.2. The molecule has 0 saturated heterocycles. The lowest BCUT2D eigenvalue weighted by Gasteiger charge is -2.14. The number of fused-ring (bicyclic) bond motifs is 1. The van der Waals surface area contributed by atoms with Gasteiger partial charge in [0.2, 0.25) is 0 Å². The molecule has 8 nitrogen and oxygen atoms in total. The van der Waals surface area contributed by atoms with Crippen LogP contribution in [0.4, 0.5) is 0 Å². The van der Waals surface area contributed by atoms with Crippen molar-refractivity contribution in [3.05, 3.63) is 86.8 Å².